The van der Waals surface area contributed by atoms with Crippen molar-refractivity contribution >= 4 is 16.8 Å². The Balaban J connectivity index is 2.21. The Morgan fingerprint density at radius 2 is 1.64 bits per heavy atom. The van der Waals surface area contributed by atoms with E-state index in [-0.39, 0.29) is 16.2 Å². The number of halogens is 3. The second-order valence-corrected chi connectivity index (χ2v) is 5.91. The minimum absolute atomic E-state index is 0.0531. The summed E-state index contributed by atoms with van der Waals surface area (Å²) in [6.07, 6.45) is -4.42. The van der Waals surface area contributed by atoms with Gasteiger partial charge in [-0.1, -0.05) is 24.3 Å². The molecular formula is C15H11F3O3S. The van der Waals surface area contributed by atoms with Crippen molar-refractivity contribution in [2.24, 2.45) is 0 Å². The minimum atomic E-state index is -4.42. The Morgan fingerprint density at radius 3 is 2.18 bits per heavy atom. The molecule has 0 aliphatic carbocycles. The molecule has 2 aromatic carbocycles. The highest BCUT2D eigenvalue weighted by Gasteiger charge is 2.30. The fraction of sp³-hybridized carbons (Fsp3) is 0.133. The average molecular weight is 328 g/mol. The predicted octanol–water partition coefficient (Wildman–Crippen LogP) is 3.71. The van der Waals surface area contributed by atoms with Crippen molar-refractivity contribution in [2.75, 3.05) is 0 Å². The molecule has 7 heteroatoms. The normalized spacial score (nSPS) is 12.9. The molecule has 116 valence electrons. The van der Waals surface area contributed by atoms with Crippen LogP contribution in [0.1, 0.15) is 21.5 Å². The number of hydrogen-bond donors (Lipinski definition) is 1. The molecule has 0 heterocycles. The Hall–Kier alpha value is -2.15. The number of carboxylic acid groups (broad SMARTS) is 1. The lowest BCUT2D eigenvalue weighted by Gasteiger charge is -2.08. The van der Waals surface area contributed by atoms with Gasteiger partial charge in [-0.2, -0.15) is 13.2 Å². The van der Waals surface area contributed by atoms with Crippen molar-refractivity contribution in [3.63, 3.8) is 0 Å². The summed E-state index contributed by atoms with van der Waals surface area (Å²) in [7, 11) is -1.66. The van der Waals surface area contributed by atoms with Gasteiger partial charge < -0.3 is 5.11 Å². The second kappa shape index (κ2) is 6.31. The van der Waals surface area contributed by atoms with E-state index in [1.807, 2.05) is 0 Å². The third-order valence-electron chi connectivity index (χ3n) is 2.94. The van der Waals surface area contributed by atoms with Gasteiger partial charge >= 0.3 is 12.1 Å². The SMILES string of the molecule is O=C(O)c1ccccc1S(=O)Cc1ccc(C(F)(F)F)cc1. The first kappa shape index (κ1) is 16.2. The molecule has 0 aromatic heterocycles. The number of aromatic carboxylic acids is 1. The second-order valence-electron chi connectivity index (χ2n) is 4.49. The number of carbonyl (C=O) groups is 1. The number of rotatable bonds is 4. The molecule has 0 saturated carbocycles. The molecule has 0 aliphatic heterocycles. The molecule has 0 fully saturated rings. The van der Waals surface area contributed by atoms with E-state index in [9.17, 15) is 22.2 Å². The van der Waals surface area contributed by atoms with Gasteiger partial charge in [0.2, 0.25) is 0 Å². The maximum Gasteiger partial charge on any atom is 0.416 e. The molecule has 22 heavy (non-hydrogen) atoms. The molecular weight excluding hydrogens is 317 g/mol. The van der Waals surface area contributed by atoms with Gasteiger partial charge in [0, 0.05) is 0 Å². The van der Waals surface area contributed by atoms with E-state index in [4.69, 9.17) is 5.11 Å². The summed E-state index contributed by atoms with van der Waals surface area (Å²) in [6, 6.07) is 10.2. The van der Waals surface area contributed by atoms with E-state index in [1.54, 1.807) is 6.07 Å². The van der Waals surface area contributed by atoms with Crippen LogP contribution in [0.3, 0.4) is 0 Å². The van der Waals surface area contributed by atoms with Crippen LogP contribution in [0, 0.1) is 0 Å². The predicted molar refractivity (Wildman–Crippen MR) is 75.0 cm³/mol. The first-order chi connectivity index (χ1) is 10.3. The third kappa shape index (κ3) is 3.73. The van der Waals surface area contributed by atoms with Crippen LogP contribution in [-0.2, 0) is 22.7 Å². The maximum atomic E-state index is 12.5. The lowest BCUT2D eigenvalue weighted by Crippen LogP contribution is -2.07. The monoisotopic (exact) mass is 328 g/mol. The Morgan fingerprint density at radius 1 is 1.05 bits per heavy atom. The molecule has 0 bridgehead atoms. The van der Waals surface area contributed by atoms with E-state index in [1.165, 1.54) is 30.3 Å². The Bertz CT molecular complexity index is 709. The van der Waals surface area contributed by atoms with Gasteiger partial charge in [0.15, 0.2) is 0 Å². The van der Waals surface area contributed by atoms with Crippen LogP contribution in [0.2, 0.25) is 0 Å². The van der Waals surface area contributed by atoms with Gasteiger partial charge in [0.25, 0.3) is 0 Å². The van der Waals surface area contributed by atoms with E-state index in [2.05, 4.69) is 0 Å². The molecule has 1 unspecified atom stereocenters. The summed E-state index contributed by atoms with van der Waals surface area (Å²) < 4.78 is 49.6. The van der Waals surface area contributed by atoms with Crippen LogP contribution < -0.4 is 0 Å². The van der Waals surface area contributed by atoms with Gasteiger partial charge in [0.1, 0.15) is 0 Å². The largest absolute Gasteiger partial charge is 0.478 e. The Kier molecular flexibility index (Phi) is 4.65. The molecule has 0 saturated heterocycles. The van der Waals surface area contributed by atoms with Gasteiger partial charge in [-0.05, 0) is 29.8 Å². The van der Waals surface area contributed by atoms with Crippen molar-refractivity contribution in [1.29, 1.82) is 0 Å². The van der Waals surface area contributed by atoms with Gasteiger partial charge in [-0.25, -0.2) is 4.79 Å². The molecule has 0 spiro atoms. The van der Waals surface area contributed by atoms with Crippen molar-refractivity contribution in [2.45, 2.75) is 16.8 Å². The van der Waals surface area contributed by atoms with Crippen LogP contribution in [-0.4, -0.2) is 15.3 Å². The quantitative estimate of drug-likeness (QED) is 0.931. The molecule has 2 rings (SSSR count). The first-order valence-corrected chi connectivity index (χ1v) is 7.48. The van der Waals surface area contributed by atoms with E-state index < -0.39 is 28.5 Å². The highest BCUT2D eigenvalue weighted by Crippen LogP contribution is 2.29. The number of hydrogen-bond acceptors (Lipinski definition) is 2. The fourth-order valence-electron chi connectivity index (χ4n) is 1.86. The van der Waals surface area contributed by atoms with Gasteiger partial charge in [-0.15, -0.1) is 0 Å². The fourth-order valence-corrected chi connectivity index (χ4v) is 3.14. The number of benzene rings is 2. The van der Waals surface area contributed by atoms with E-state index in [0.29, 0.717) is 5.56 Å². The molecule has 1 atom stereocenters. The molecule has 0 radical (unpaired) electrons. The molecule has 2 aromatic rings. The van der Waals surface area contributed by atoms with Crippen LogP contribution in [0.5, 0.6) is 0 Å². The van der Waals surface area contributed by atoms with Crippen molar-refractivity contribution in [3.8, 4) is 0 Å². The summed E-state index contributed by atoms with van der Waals surface area (Å²) in [5, 5.41) is 9.05. The zero-order valence-corrected chi connectivity index (χ0v) is 11.9. The molecule has 0 aliphatic rings. The van der Waals surface area contributed by atoms with E-state index >= 15 is 0 Å². The van der Waals surface area contributed by atoms with Gasteiger partial charge in [0.05, 0.1) is 32.6 Å². The van der Waals surface area contributed by atoms with Crippen molar-refractivity contribution < 1.29 is 27.3 Å². The first-order valence-electron chi connectivity index (χ1n) is 6.16. The van der Waals surface area contributed by atoms with Crippen LogP contribution in [0.4, 0.5) is 13.2 Å². The summed E-state index contributed by atoms with van der Waals surface area (Å²) in [5.74, 6) is -1.25. The summed E-state index contributed by atoms with van der Waals surface area (Å²) >= 11 is 0. The van der Waals surface area contributed by atoms with Crippen LogP contribution in [0.15, 0.2) is 53.4 Å². The molecule has 1 N–H and O–H groups in total. The number of alkyl halides is 3. The average Bonchev–Trinajstić information content (AvgIpc) is 2.46. The topological polar surface area (TPSA) is 54.4 Å². The van der Waals surface area contributed by atoms with Crippen LogP contribution >= 0.6 is 0 Å². The maximum absolute atomic E-state index is 12.5. The summed E-state index contributed by atoms with van der Waals surface area (Å²) in [4.78, 5) is 11.2. The zero-order valence-electron chi connectivity index (χ0n) is 11.1. The molecule has 0 amide bonds. The van der Waals surface area contributed by atoms with Crippen molar-refractivity contribution in [1.82, 2.24) is 0 Å². The zero-order chi connectivity index (χ0) is 16.3. The van der Waals surface area contributed by atoms with Crippen LogP contribution in [0.25, 0.3) is 0 Å². The Labute approximate surface area is 126 Å². The molecule has 3 nitrogen and oxygen atoms in total. The lowest BCUT2D eigenvalue weighted by molar-refractivity contribution is -0.137. The van der Waals surface area contributed by atoms with Crippen molar-refractivity contribution in [3.05, 3.63) is 65.2 Å². The summed E-state index contributed by atoms with van der Waals surface area (Å²) in [6.45, 7) is 0. The highest BCUT2D eigenvalue weighted by molar-refractivity contribution is 7.84. The smallest absolute Gasteiger partial charge is 0.416 e. The third-order valence-corrected chi connectivity index (χ3v) is 4.38. The number of carboxylic acids is 1. The minimum Gasteiger partial charge on any atom is -0.478 e. The van der Waals surface area contributed by atoms with E-state index in [0.717, 1.165) is 12.1 Å². The summed E-state index contributed by atoms with van der Waals surface area (Å²) in [5.41, 5.74) is -0.424. The highest BCUT2D eigenvalue weighted by atomic mass is 32.2. The standard InChI is InChI=1S/C15H11F3O3S/c16-15(17,18)11-7-5-10(6-8-11)9-22(21)13-4-2-1-3-12(13)14(19)20/h1-8H,9H2,(H,19,20). The lowest BCUT2D eigenvalue weighted by atomic mass is 10.1. The van der Waals surface area contributed by atoms with Gasteiger partial charge in [-0.3, -0.25) is 4.21 Å².